The summed E-state index contributed by atoms with van der Waals surface area (Å²) in [5, 5.41) is 12.3. The molecule has 1 aliphatic rings. The number of halogens is 6. The molecule has 9 nitrogen and oxygen atoms in total. The molecular formula is C23H19F6N5O4S. The number of benzene rings is 2. The van der Waals surface area contributed by atoms with Gasteiger partial charge in [0.25, 0.3) is 5.91 Å². The van der Waals surface area contributed by atoms with Gasteiger partial charge in [0.1, 0.15) is 5.01 Å². The lowest BCUT2D eigenvalue weighted by Crippen LogP contribution is -2.41. The predicted molar refractivity (Wildman–Crippen MR) is 127 cm³/mol. The number of nitrogens with zero attached hydrogens (tertiary/aromatic N) is 3. The monoisotopic (exact) mass is 575 g/mol. The SMILES string of the molecule is O=C(CN1CCOCC1)Nc1cc(C(=O)Nc2nnc(-c3cccc(C(F)(F)F)c3)s2)ccc1OC(F)(F)F. The molecule has 0 aliphatic carbocycles. The van der Waals surface area contributed by atoms with Crippen molar-refractivity contribution in [1.82, 2.24) is 15.1 Å². The fraction of sp³-hybridized carbons (Fsp3) is 0.304. The van der Waals surface area contributed by atoms with Gasteiger partial charge in [-0.1, -0.05) is 23.5 Å². The number of anilines is 2. The largest absolute Gasteiger partial charge is 0.573 e. The summed E-state index contributed by atoms with van der Waals surface area (Å²) >= 11 is 0.793. The highest BCUT2D eigenvalue weighted by Gasteiger charge is 2.33. The van der Waals surface area contributed by atoms with Crippen molar-refractivity contribution in [2.24, 2.45) is 0 Å². The second kappa shape index (κ2) is 11.5. The van der Waals surface area contributed by atoms with Gasteiger partial charge in [-0.3, -0.25) is 19.8 Å². The molecular weight excluding hydrogens is 556 g/mol. The third kappa shape index (κ3) is 7.87. The summed E-state index contributed by atoms with van der Waals surface area (Å²) in [7, 11) is 0. The van der Waals surface area contributed by atoms with Gasteiger partial charge in [-0.05, 0) is 30.3 Å². The van der Waals surface area contributed by atoms with Crippen molar-refractivity contribution in [2.75, 3.05) is 43.5 Å². The smallest absolute Gasteiger partial charge is 0.404 e. The molecule has 0 spiro atoms. The number of rotatable bonds is 7. The maximum atomic E-state index is 13.0. The third-order valence-corrected chi connectivity index (χ3v) is 6.18. The Morgan fingerprint density at radius 2 is 1.74 bits per heavy atom. The first-order valence-corrected chi connectivity index (χ1v) is 12.0. The van der Waals surface area contributed by atoms with Crippen molar-refractivity contribution in [3.8, 4) is 16.3 Å². The molecule has 0 radical (unpaired) electrons. The van der Waals surface area contributed by atoms with Gasteiger partial charge >= 0.3 is 12.5 Å². The zero-order chi connectivity index (χ0) is 28.2. The van der Waals surface area contributed by atoms with Crippen LogP contribution in [0.15, 0.2) is 42.5 Å². The van der Waals surface area contributed by atoms with E-state index in [2.05, 4.69) is 25.6 Å². The lowest BCUT2D eigenvalue weighted by molar-refractivity contribution is -0.274. The Balaban J connectivity index is 1.50. The summed E-state index contributed by atoms with van der Waals surface area (Å²) in [6.07, 6.45) is -9.62. The Bertz CT molecular complexity index is 1340. The first-order valence-electron chi connectivity index (χ1n) is 11.2. The molecule has 3 aromatic rings. The number of nitrogens with one attached hydrogen (secondary N) is 2. The molecule has 2 heterocycles. The van der Waals surface area contributed by atoms with Crippen LogP contribution in [0.25, 0.3) is 10.6 Å². The van der Waals surface area contributed by atoms with Crippen LogP contribution in [0.4, 0.5) is 37.2 Å². The Hall–Kier alpha value is -3.76. The van der Waals surface area contributed by atoms with E-state index in [4.69, 9.17) is 4.74 Å². The van der Waals surface area contributed by atoms with Crippen LogP contribution in [0.5, 0.6) is 5.75 Å². The quantitative estimate of drug-likeness (QED) is 0.396. The minimum atomic E-state index is -5.06. The number of carbonyl (C=O) groups is 2. The van der Waals surface area contributed by atoms with Gasteiger partial charge in [-0.25, -0.2) is 0 Å². The zero-order valence-corrected chi connectivity index (χ0v) is 20.5. The van der Waals surface area contributed by atoms with E-state index in [0.717, 1.165) is 41.7 Å². The highest BCUT2D eigenvalue weighted by atomic mass is 32.1. The minimum Gasteiger partial charge on any atom is -0.404 e. The Morgan fingerprint density at radius 1 is 1.00 bits per heavy atom. The van der Waals surface area contributed by atoms with Crippen LogP contribution in [0.3, 0.4) is 0 Å². The molecule has 4 rings (SSSR count). The van der Waals surface area contributed by atoms with Gasteiger partial charge in [0.05, 0.1) is 31.0 Å². The molecule has 1 saturated heterocycles. The van der Waals surface area contributed by atoms with E-state index in [1.54, 1.807) is 4.90 Å². The minimum absolute atomic E-state index is 0.0686. The Labute approximate surface area is 220 Å². The topological polar surface area (TPSA) is 106 Å². The molecule has 1 fully saturated rings. The number of morpholine rings is 1. The maximum absolute atomic E-state index is 13.0. The Kier molecular flexibility index (Phi) is 8.36. The van der Waals surface area contributed by atoms with E-state index in [0.29, 0.717) is 26.3 Å². The molecule has 1 aromatic heterocycles. The lowest BCUT2D eigenvalue weighted by atomic mass is 10.1. The summed E-state index contributed by atoms with van der Waals surface area (Å²) in [4.78, 5) is 27.0. The molecule has 208 valence electrons. The van der Waals surface area contributed by atoms with Gasteiger partial charge in [-0.15, -0.1) is 23.4 Å². The fourth-order valence-electron chi connectivity index (χ4n) is 3.52. The number of alkyl halides is 6. The summed E-state index contributed by atoms with van der Waals surface area (Å²) in [5.41, 5.74) is -1.30. The number of ether oxygens (including phenoxy) is 2. The van der Waals surface area contributed by atoms with Crippen molar-refractivity contribution in [3.63, 3.8) is 0 Å². The van der Waals surface area contributed by atoms with Gasteiger partial charge in [0, 0.05) is 24.2 Å². The van der Waals surface area contributed by atoms with Crippen LogP contribution in [-0.4, -0.2) is 66.1 Å². The first-order chi connectivity index (χ1) is 18.4. The number of aromatic nitrogens is 2. The standard InChI is InChI=1S/C23H19F6N5O4S/c24-22(25,26)15-3-1-2-14(10-15)20-32-33-21(39-20)31-19(36)13-4-5-17(38-23(27,28)29)16(11-13)30-18(35)12-34-6-8-37-9-7-34/h1-5,10-11H,6-9,12H2,(H,30,35)(H,31,33,36). The highest BCUT2D eigenvalue weighted by molar-refractivity contribution is 7.18. The third-order valence-electron chi connectivity index (χ3n) is 5.29. The van der Waals surface area contributed by atoms with Crippen LogP contribution in [0.2, 0.25) is 0 Å². The van der Waals surface area contributed by atoms with E-state index < -0.39 is 35.7 Å². The fourth-order valence-corrected chi connectivity index (χ4v) is 4.26. The molecule has 0 saturated carbocycles. The van der Waals surface area contributed by atoms with E-state index in [1.165, 1.54) is 12.1 Å². The number of carbonyl (C=O) groups excluding carboxylic acids is 2. The molecule has 1 aliphatic heterocycles. The maximum Gasteiger partial charge on any atom is 0.573 e. The average Bonchev–Trinajstić information content (AvgIpc) is 3.33. The first kappa shape index (κ1) is 28.3. The second-order valence-corrected chi connectivity index (χ2v) is 9.12. The molecule has 2 aromatic carbocycles. The van der Waals surface area contributed by atoms with Gasteiger partial charge < -0.3 is 14.8 Å². The molecule has 16 heteroatoms. The van der Waals surface area contributed by atoms with Crippen LogP contribution in [-0.2, 0) is 15.7 Å². The number of amides is 2. The van der Waals surface area contributed by atoms with Crippen molar-refractivity contribution < 1.29 is 45.4 Å². The van der Waals surface area contributed by atoms with Crippen molar-refractivity contribution in [1.29, 1.82) is 0 Å². The second-order valence-electron chi connectivity index (χ2n) is 8.14. The van der Waals surface area contributed by atoms with Crippen molar-refractivity contribution in [3.05, 3.63) is 53.6 Å². The lowest BCUT2D eigenvalue weighted by Gasteiger charge is -2.26. The number of hydrogen-bond acceptors (Lipinski definition) is 8. The van der Waals surface area contributed by atoms with Gasteiger partial charge in [0.2, 0.25) is 11.0 Å². The van der Waals surface area contributed by atoms with Crippen molar-refractivity contribution >= 4 is 34.0 Å². The summed E-state index contributed by atoms with van der Waals surface area (Å²) in [6.45, 7) is 1.63. The predicted octanol–water partition coefficient (Wildman–Crippen LogP) is 4.65. The highest BCUT2D eigenvalue weighted by Crippen LogP contribution is 2.34. The van der Waals surface area contributed by atoms with E-state index in [-0.39, 0.29) is 33.5 Å². The summed E-state index contributed by atoms with van der Waals surface area (Å²) < 4.78 is 86.9. The molecule has 39 heavy (non-hydrogen) atoms. The van der Waals surface area contributed by atoms with E-state index >= 15 is 0 Å². The van der Waals surface area contributed by atoms with Gasteiger partial charge in [0.15, 0.2) is 5.75 Å². The van der Waals surface area contributed by atoms with Crippen molar-refractivity contribution in [2.45, 2.75) is 12.5 Å². The normalized spacial score (nSPS) is 14.6. The van der Waals surface area contributed by atoms with E-state index in [1.807, 2.05) is 0 Å². The molecule has 0 atom stereocenters. The molecule has 0 bridgehead atoms. The van der Waals surface area contributed by atoms with Crippen LogP contribution >= 0.6 is 11.3 Å². The summed E-state index contributed by atoms with van der Waals surface area (Å²) in [6, 6.07) is 7.31. The molecule has 2 amide bonds. The average molecular weight is 575 g/mol. The van der Waals surface area contributed by atoms with Crippen LogP contribution < -0.4 is 15.4 Å². The molecule has 2 N–H and O–H groups in total. The van der Waals surface area contributed by atoms with Gasteiger partial charge in [-0.2, -0.15) is 13.2 Å². The number of hydrogen-bond donors (Lipinski definition) is 2. The Morgan fingerprint density at radius 3 is 2.44 bits per heavy atom. The van der Waals surface area contributed by atoms with Crippen LogP contribution in [0.1, 0.15) is 15.9 Å². The summed E-state index contributed by atoms with van der Waals surface area (Å²) in [5.74, 6) is -2.17. The zero-order valence-electron chi connectivity index (χ0n) is 19.7. The van der Waals surface area contributed by atoms with Crippen LogP contribution in [0, 0.1) is 0 Å². The van der Waals surface area contributed by atoms with E-state index in [9.17, 15) is 35.9 Å². The molecule has 0 unspecified atom stereocenters.